The molecule has 1 rings (SSSR count). The minimum Gasteiger partial charge on any atom is -0.481 e. The van der Waals surface area contributed by atoms with Gasteiger partial charge in [-0.25, -0.2) is 0 Å². The zero-order valence-electron chi connectivity index (χ0n) is 11.3. The number of hydrogen-bond donors (Lipinski definition) is 1. The van der Waals surface area contributed by atoms with Crippen molar-refractivity contribution >= 4 is 5.82 Å². The molecule has 0 fully saturated rings. The quantitative estimate of drug-likeness (QED) is 0.734. The highest BCUT2D eigenvalue weighted by Gasteiger charge is 2.07. The van der Waals surface area contributed by atoms with Crippen LogP contribution in [0.2, 0.25) is 0 Å². The SMILES string of the molecule is CNCCCCN(C)c1nc(OC)ccc1C. The Labute approximate surface area is 104 Å². The predicted molar refractivity (Wildman–Crippen MR) is 72.0 cm³/mol. The Morgan fingerprint density at radius 1 is 1.35 bits per heavy atom. The minimum atomic E-state index is 0.674. The lowest BCUT2D eigenvalue weighted by molar-refractivity contribution is 0.397. The maximum Gasteiger partial charge on any atom is 0.214 e. The maximum absolute atomic E-state index is 5.16. The molecule has 0 aliphatic carbocycles. The summed E-state index contributed by atoms with van der Waals surface area (Å²) in [5.74, 6) is 1.68. The molecule has 0 aromatic carbocycles. The topological polar surface area (TPSA) is 37.4 Å². The summed E-state index contributed by atoms with van der Waals surface area (Å²) in [6, 6.07) is 3.94. The molecule has 1 aromatic heterocycles. The number of aryl methyl sites for hydroxylation is 1. The van der Waals surface area contributed by atoms with Gasteiger partial charge in [0.1, 0.15) is 5.82 Å². The monoisotopic (exact) mass is 237 g/mol. The van der Waals surface area contributed by atoms with E-state index in [9.17, 15) is 0 Å². The molecule has 0 spiro atoms. The fourth-order valence-corrected chi connectivity index (χ4v) is 1.76. The van der Waals surface area contributed by atoms with E-state index in [0.717, 1.165) is 25.3 Å². The van der Waals surface area contributed by atoms with E-state index in [1.807, 2.05) is 19.2 Å². The number of pyridine rings is 1. The lowest BCUT2D eigenvalue weighted by Crippen LogP contribution is -2.22. The van der Waals surface area contributed by atoms with Crippen LogP contribution < -0.4 is 15.0 Å². The second-order valence-electron chi connectivity index (χ2n) is 4.23. The average molecular weight is 237 g/mol. The first kappa shape index (κ1) is 13.8. The van der Waals surface area contributed by atoms with E-state index in [2.05, 4.69) is 29.2 Å². The number of nitrogens with zero attached hydrogens (tertiary/aromatic N) is 2. The van der Waals surface area contributed by atoms with Crippen molar-refractivity contribution in [3.8, 4) is 5.88 Å². The zero-order valence-corrected chi connectivity index (χ0v) is 11.3. The molecule has 1 N–H and O–H groups in total. The van der Waals surface area contributed by atoms with Gasteiger partial charge in [-0.05, 0) is 38.9 Å². The van der Waals surface area contributed by atoms with Crippen LogP contribution in [0.3, 0.4) is 0 Å². The van der Waals surface area contributed by atoms with Crippen LogP contribution in [-0.4, -0.2) is 39.3 Å². The van der Waals surface area contributed by atoms with E-state index in [0.29, 0.717) is 5.88 Å². The van der Waals surface area contributed by atoms with Gasteiger partial charge in [0.15, 0.2) is 0 Å². The number of unbranched alkanes of at least 4 members (excludes halogenated alkanes) is 1. The van der Waals surface area contributed by atoms with Crippen molar-refractivity contribution in [1.82, 2.24) is 10.3 Å². The van der Waals surface area contributed by atoms with Crippen LogP contribution in [-0.2, 0) is 0 Å². The van der Waals surface area contributed by atoms with Gasteiger partial charge in [-0.1, -0.05) is 6.07 Å². The molecule has 1 heterocycles. The first-order valence-electron chi connectivity index (χ1n) is 6.06. The molecule has 0 amide bonds. The van der Waals surface area contributed by atoms with Crippen LogP contribution in [0.5, 0.6) is 5.88 Å². The molecular weight excluding hydrogens is 214 g/mol. The van der Waals surface area contributed by atoms with Crippen molar-refractivity contribution in [2.24, 2.45) is 0 Å². The first-order valence-corrected chi connectivity index (χ1v) is 6.06. The van der Waals surface area contributed by atoms with E-state index in [-0.39, 0.29) is 0 Å². The Morgan fingerprint density at radius 2 is 2.12 bits per heavy atom. The maximum atomic E-state index is 5.16. The molecule has 4 nitrogen and oxygen atoms in total. The number of hydrogen-bond acceptors (Lipinski definition) is 4. The molecule has 1 aromatic rings. The second kappa shape index (κ2) is 7.12. The van der Waals surface area contributed by atoms with Gasteiger partial charge in [-0.3, -0.25) is 0 Å². The zero-order chi connectivity index (χ0) is 12.7. The minimum absolute atomic E-state index is 0.674. The summed E-state index contributed by atoms with van der Waals surface area (Å²) < 4.78 is 5.16. The van der Waals surface area contributed by atoms with Crippen LogP contribution >= 0.6 is 0 Å². The van der Waals surface area contributed by atoms with Gasteiger partial charge in [0.25, 0.3) is 0 Å². The summed E-state index contributed by atoms with van der Waals surface area (Å²) in [7, 11) is 5.71. The summed E-state index contributed by atoms with van der Waals surface area (Å²) in [5, 5.41) is 3.16. The van der Waals surface area contributed by atoms with E-state index in [4.69, 9.17) is 4.74 Å². The third kappa shape index (κ3) is 4.23. The van der Waals surface area contributed by atoms with Gasteiger partial charge in [-0.2, -0.15) is 4.98 Å². The van der Waals surface area contributed by atoms with Crippen molar-refractivity contribution in [1.29, 1.82) is 0 Å². The molecule has 0 saturated carbocycles. The lowest BCUT2D eigenvalue weighted by atomic mass is 10.2. The summed E-state index contributed by atoms with van der Waals surface area (Å²) in [5.41, 5.74) is 1.18. The smallest absolute Gasteiger partial charge is 0.214 e. The van der Waals surface area contributed by atoms with E-state index in [1.165, 1.54) is 12.0 Å². The molecule has 0 aliphatic rings. The third-order valence-electron chi connectivity index (χ3n) is 2.79. The first-order chi connectivity index (χ1) is 8.19. The molecule has 0 saturated heterocycles. The van der Waals surface area contributed by atoms with E-state index >= 15 is 0 Å². The van der Waals surface area contributed by atoms with Gasteiger partial charge in [0.2, 0.25) is 5.88 Å². The molecule has 0 bridgehead atoms. The molecule has 0 radical (unpaired) electrons. The van der Waals surface area contributed by atoms with Crippen LogP contribution in [0.25, 0.3) is 0 Å². The number of methoxy groups -OCH3 is 1. The molecule has 0 aliphatic heterocycles. The molecule has 96 valence electrons. The fraction of sp³-hybridized carbons (Fsp3) is 0.615. The molecular formula is C13H23N3O. The number of ether oxygens (including phenoxy) is 1. The Hall–Kier alpha value is -1.29. The largest absolute Gasteiger partial charge is 0.481 e. The van der Waals surface area contributed by atoms with Crippen LogP contribution in [0.1, 0.15) is 18.4 Å². The molecule has 4 heteroatoms. The highest BCUT2D eigenvalue weighted by atomic mass is 16.5. The summed E-state index contributed by atoms with van der Waals surface area (Å²) in [6.45, 7) is 4.16. The van der Waals surface area contributed by atoms with Gasteiger partial charge < -0.3 is 15.0 Å². The van der Waals surface area contributed by atoms with E-state index in [1.54, 1.807) is 7.11 Å². The number of nitrogens with one attached hydrogen (secondary N) is 1. The van der Waals surface area contributed by atoms with Crippen LogP contribution in [0, 0.1) is 6.92 Å². The Bertz CT molecular complexity index is 341. The number of anilines is 1. The highest BCUT2D eigenvalue weighted by Crippen LogP contribution is 2.19. The average Bonchev–Trinajstić information content (AvgIpc) is 2.35. The summed E-state index contributed by atoms with van der Waals surface area (Å²) in [6.07, 6.45) is 2.35. The Morgan fingerprint density at radius 3 is 2.76 bits per heavy atom. The van der Waals surface area contributed by atoms with Crippen molar-refractivity contribution in [3.63, 3.8) is 0 Å². The van der Waals surface area contributed by atoms with Gasteiger partial charge in [0.05, 0.1) is 7.11 Å². The van der Waals surface area contributed by atoms with E-state index < -0.39 is 0 Å². The van der Waals surface area contributed by atoms with Crippen molar-refractivity contribution < 1.29 is 4.74 Å². The van der Waals surface area contributed by atoms with Crippen molar-refractivity contribution in [2.75, 3.05) is 39.2 Å². The third-order valence-corrected chi connectivity index (χ3v) is 2.79. The second-order valence-corrected chi connectivity index (χ2v) is 4.23. The Kier molecular flexibility index (Phi) is 5.77. The van der Waals surface area contributed by atoms with Crippen LogP contribution in [0.15, 0.2) is 12.1 Å². The predicted octanol–water partition coefficient (Wildman–Crippen LogP) is 1.83. The normalized spacial score (nSPS) is 10.4. The summed E-state index contributed by atoms with van der Waals surface area (Å²) >= 11 is 0. The van der Waals surface area contributed by atoms with Gasteiger partial charge in [0, 0.05) is 19.7 Å². The Balaban J connectivity index is 2.57. The molecule has 0 atom stereocenters. The summed E-state index contributed by atoms with van der Waals surface area (Å²) in [4.78, 5) is 6.67. The fourth-order valence-electron chi connectivity index (χ4n) is 1.76. The van der Waals surface area contributed by atoms with Crippen molar-refractivity contribution in [2.45, 2.75) is 19.8 Å². The van der Waals surface area contributed by atoms with Crippen LogP contribution in [0.4, 0.5) is 5.82 Å². The molecule has 0 unspecified atom stereocenters. The van der Waals surface area contributed by atoms with Gasteiger partial charge >= 0.3 is 0 Å². The lowest BCUT2D eigenvalue weighted by Gasteiger charge is -2.20. The number of rotatable bonds is 7. The number of aromatic nitrogens is 1. The standard InChI is InChI=1S/C13H23N3O/c1-11-7-8-12(17-4)15-13(11)16(3)10-6-5-9-14-2/h7-8,14H,5-6,9-10H2,1-4H3. The molecule has 17 heavy (non-hydrogen) atoms. The highest BCUT2D eigenvalue weighted by molar-refractivity contribution is 5.47. The van der Waals surface area contributed by atoms with Crippen molar-refractivity contribution in [3.05, 3.63) is 17.7 Å². The van der Waals surface area contributed by atoms with Gasteiger partial charge in [-0.15, -0.1) is 0 Å².